The Morgan fingerprint density at radius 3 is 2.48 bits per heavy atom. The van der Waals surface area contributed by atoms with Crippen molar-refractivity contribution in [2.45, 2.75) is 20.0 Å². The lowest BCUT2D eigenvalue weighted by Crippen LogP contribution is -2.30. The van der Waals surface area contributed by atoms with Crippen LogP contribution in [-0.4, -0.2) is 25.1 Å². The van der Waals surface area contributed by atoms with Crippen LogP contribution in [0, 0.1) is 18.6 Å². The SMILES string of the molecule is COC(=O)c1cc(NC(=O)C(C)Oc2cccc(C)c2)c(F)cc1F. The lowest BCUT2D eigenvalue weighted by molar-refractivity contribution is -0.122. The van der Waals surface area contributed by atoms with E-state index in [0.717, 1.165) is 18.7 Å². The van der Waals surface area contributed by atoms with Gasteiger partial charge in [0.2, 0.25) is 0 Å². The number of carbonyl (C=O) groups excluding carboxylic acids is 2. The maximum atomic E-state index is 13.9. The molecule has 0 spiro atoms. The first-order chi connectivity index (χ1) is 11.8. The second-order valence-electron chi connectivity index (χ2n) is 5.37. The third kappa shape index (κ3) is 4.53. The third-order valence-electron chi connectivity index (χ3n) is 3.39. The topological polar surface area (TPSA) is 64.6 Å². The first kappa shape index (κ1) is 18.4. The maximum absolute atomic E-state index is 13.9. The van der Waals surface area contributed by atoms with Crippen LogP contribution < -0.4 is 10.1 Å². The standard InChI is InChI=1S/C18H17F2NO4/c1-10-5-4-6-12(7-10)25-11(2)17(22)21-16-8-13(18(23)24-3)14(19)9-15(16)20/h4-9,11H,1-3H3,(H,21,22). The van der Waals surface area contributed by atoms with Gasteiger partial charge in [0, 0.05) is 6.07 Å². The molecule has 1 unspecified atom stereocenters. The molecule has 0 aliphatic rings. The molecular formula is C18H17F2NO4. The van der Waals surface area contributed by atoms with Crippen LogP contribution in [0.3, 0.4) is 0 Å². The Kier molecular flexibility index (Phi) is 5.69. The minimum Gasteiger partial charge on any atom is -0.481 e. The van der Waals surface area contributed by atoms with Crippen molar-refractivity contribution in [2.24, 2.45) is 0 Å². The molecule has 1 atom stereocenters. The highest BCUT2D eigenvalue weighted by Gasteiger charge is 2.20. The van der Waals surface area contributed by atoms with Gasteiger partial charge >= 0.3 is 5.97 Å². The number of halogens is 2. The van der Waals surface area contributed by atoms with E-state index in [1.165, 1.54) is 6.92 Å². The van der Waals surface area contributed by atoms with E-state index in [-0.39, 0.29) is 5.69 Å². The second-order valence-corrected chi connectivity index (χ2v) is 5.37. The predicted octanol–water partition coefficient (Wildman–Crippen LogP) is 3.47. The number of aryl methyl sites for hydroxylation is 1. The third-order valence-corrected chi connectivity index (χ3v) is 3.39. The Morgan fingerprint density at radius 1 is 1.12 bits per heavy atom. The smallest absolute Gasteiger partial charge is 0.340 e. The summed E-state index contributed by atoms with van der Waals surface area (Å²) in [7, 11) is 1.07. The van der Waals surface area contributed by atoms with Gasteiger partial charge in [-0.2, -0.15) is 0 Å². The van der Waals surface area contributed by atoms with Gasteiger partial charge in [-0.25, -0.2) is 13.6 Å². The zero-order valence-corrected chi connectivity index (χ0v) is 13.9. The number of rotatable bonds is 5. The van der Waals surface area contributed by atoms with Crippen molar-refractivity contribution >= 4 is 17.6 Å². The Morgan fingerprint density at radius 2 is 1.84 bits per heavy atom. The second kappa shape index (κ2) is 7.74. The molecule has 132 valence electrons. The fourth-order valence-electron chi connectivity index (χ4n) is 2.09. The number of hydrogen-bond donors (Lipinski definition) is 1. The van der Waals surface area contributed by atoms with Crippen LogP contribution in [0.15, 0.2) is 36.4 Å². The van der Waals surface area contributed by atoms with Crippen molar-refractivity contribution in [3.05, 3.63) is 59.2 Å². The van der Waals surface area contributed by atoms with Gasteiger partial charge in [0.05, 0.1) is 18.4 Å². The molecule has 0 aliphatic heterocycles. The molecule has 0 aliphatic carbocycles. The zero-order valence-electron chi connectivity index (χ0n) is 13.9. The molecule has 25 heavy (non-hydrogen) atoms. The van der Waals surface area contributed by atoms with E-state index < -0.39 is 35.2 Å². The number of hydrogen-bond acceptors (Lipinski definition) is 4. The van der Waals surface area contributed by atoms with E-state index in [2.05, 4.69) is 10.1 Å². The molecule has 0 fully saturated rings. The molecule has 0 radical (unpaired) electrons. The molecular weight excluding hydrogens is 332 g/mol. The Bertz CT molecular complexity index is 808. The first-order valence-electron chi connectivity index (χ1n) is 7.43. The van der Waals surface area contributed by atoms with Crippen molar-refractivity contribution in [3.8, 4) is 5.75 Å². The minimum absolute atomic E-state index is 0.341. The number of amides is 1. The summed E-state index contributed by atoms with van der Waals surface area (Å²) in [5, 5.41) is 2.28. The average molecular weight is 349 g/mol. The fourth-order valence-corrected chi connectivity index (χ4v) is 2.09. The lowest BCUT2D eigenvalue weighted by atomic mass is 10.1. The van der Waals surface area contributed by atoms with E-state index in [0.29, 0.717) is 11.8 Å². The molecule has 5 nitrogen and oxygen atoms in total. The van der Waals surface area contributed by atoms with Crippen LogP contribution in [0.4, 0.5) is 14.5 Å². The number of ether oxygens (including phenoxy) is 2. The van der Waals surface area contributed by atoms with Gasteiger partial charge in [-0.1, -0.05) is 12.1 Å². The average Bonchev–Trinajstić information content (AvgIpc) is 2.56. The Hall–Kier alpha value is -2.96. The van der Waals surface area contributed by atoms with E-state index >= 15 is 0 Å². The molecule has 0 aromatic heterocycles. The maximum Gasteiger partial charge on any atom is 0.340 e. The number of esters is 1. The molecule has 2 aromatic carbocycles. The summed E-state index contributed by atoms with van der Waals surface area (Å²) in [6.45, 7) is 3.36. The van der Waals surface area contributed by atoms with Crippen molar-refractivity contribution in [1.29, 1.82) is 0 Å². The molecule has 1 N–H and O–H groups in total. The molecule has 2 aromatic rings. The molecule has 7 heteroatoms. The van der Waals surface area contributed by atoms with Crippen LogP contribution in [0.2, 0.25) is 0 Å². The van der Waals surface area contributed by atoms with Crippen molar-refractivity contribution < 1.29 is 27.8 Å². The van der Waals surface area contributed by atoms with Gasteiger partial charge in [-0.15, -0.1) is 0 Å². The summed E-state index contributed by atoms with van der Waals surface area (Å²) in [5.41, 5.74) is 0.135. The number of methoxy groups -OCH3 is 1. The number of anilines is 1. The van der Waals surface area contributed by atoms with Gasteiger partial charge in [-0.3, -0.25) is 4.79 Å². The highest BCUT2D eigenvalue weighted by Crippen LogP contribution is 2.21. The summed E-state index contributed by atoms with van der Waals surface area (Å²) in [5.74, 6) is -3.23. The van der Waals surface area contributed by atoms with Crippen molar-refractivity contribution in [1.82, 2.24) is 0 Å². The molecule has 0 saturated carbocycles. The predicted molar refractivity (Wildman–Crippen MR) is 87.6 cm³/mol. The normalized spacial score (nSPS) is 11.6. The van der Waals surface area contributed by atoms with Gasteiger partial charge in [0.15, 0.2) is 6.10 Å². The molecule has 0 saturated heterocycles. The van der Waals surface area contributed by atoms with Crippen LogP contribution in [-0.2, 0) is 9.53 Å². The van der Waals surface area contributed by atoms with Crippen LogP contribution in [0.5, 0.6) is 5.75 Å². The number of carbonyl (C=O) groups is 2. The van der Waals surface area contributed by atoms with E-state index in [4.69, 9.17) is 4.74 Å². The van der Waals surface area contributed by atoms with E-state index in [1.807, 2.05) is 13.0 Å². The van der Waals surface area contributed by atoms with Gasteiger partial charge < -0.3 is 14.8 Å². The fraction of sp³-hybridized carbons (Fsp3) is 0.222. The zero-order chi connectivity index (χ0) is 18.6. The lowest BCUT2D eigenvalue weighted by Gasteiger charge is -2.16. The van der Waals surface area contributed by atoms with Crippen molar-refractivity contribution in [2.75, 3.05) is 12.4 Å². The summed E-state index contributed by atoms with van der Waals surface area (Å²) in [6, 6.07) is 8.47. The van der Waals surface area contributed by atoms with Crippen LogP contribution in [0.25, 0.3) is 0 Å². The molecule has 0 heterocycles. The van der Waals surface area contributed by atoms with E-state index in [9.17, 15) is 18.4 Å². The molecule has 2 rings (SSSR count). The number of benzene rings is 2. The Balaban J connectivity index is 2.15. The van der Waals surface area contributed by atoms with Gasteiger partial charge in [-0.05, 0) is 37.6 Å². The minimum atomic E-state index is -1.08. The summed E-state index contributed by atoms with van der Waals surface area (Å²) in [4.78, 5) is 23.6. The van der Waals surface area contributed by atoms with Gasteiger partial charge in [0.1, 0.15) is 17.4 Å². The number of nitrogens with one attached hydrogen (secondary N) is 1. The van der Waals surface area contributed by atoms with E-state index in [1.54, 1.807) is 18.2 Å². The summed E-state index contributed by atoms with van der Waals surface area (Å²) >= 11 is 0. The van der Waals surface area contributed by atoms with Gasteiger partial charge in [0.25, 0.3) is 5.91 Å². The summed E-state index contributed by atoms with van der Waals surface area (Å²) < 4.78 is 37.4. The summed E-state index contributed by atoms with van der Waals surface area (Å²) in [6.07, 6.45) is -0.937. The quantitative estimate of drug-likeness (QED) is 0.840. The van der Waals surface area contributed by atoms with Crippen LogP contribution >= 0.6 is 0 Å². The Labute approximate surface area is 143 Å². The highest BCUT2D eigenvalue weighted by molar-refractivity contribution is 5.96. The van der Waals surface area contributed by atoms with Crippen molar-refractivity contribution in [3.63, 3.8) is 0 Å². The largest absolute Gasteiger partial charge is 0.481 e. The molecule has 1 amide bonds. The van der Waals surface area contributed by atoms with Crippen LogP contribution in [0.1, 0.15) is 22.8 Å². The highest BCUT2D eigenvalue weighted by atomic mass is 19.1. The monoisotopic (exact) mass is 349 g/mol. The first-order valence-corrected chi connectivity index (χ1v) is 7.43. The molecule has 0 bridgehead atoms.